The molecule has 0 aliphatic heterocycles. The molecule has 1 aromatic carbocycles. The molecule has 0 amide bonds. The summed E-state index contributed by atoms with van der Waals surface area (Å²) in [4.78, 5) is 3.12. The van der Waals surface area contributed by atoms with Crippen molar-refractivity contribution >= 4 is 22.5 Å². The number of rotatable bonds is 1. The number of halogens is 1. The van der Waals surface area contributed by atoms with Crippen LogP contribution in [0.15, 0.2) is 18.3 Å². The smallest absolute Gasteiger partial charge is 0.144 e. The minimum absolute atomic E-state index is 0.740. The third kappa shape index (κ3) is 1.18. The van der Waals surface area contributed by atoms with E-state index >= 15 is 0 Å². The number of fused-ring (bicyclic) bond motifs is 1. The van der Waals surface area contributed by atoms with Crippen molar-refractivity contribution < 1.29 is 4.74 Å². The average Bonchev–Trinajstić information content (AvgIpc) is 2.60. The SMILES string of the molecule is COc1cc(Cl)c(C)c2cc[nH]c12. The molecule has 68 valence electrons. The highest BCUT2D eigenvalue weighted by Crippen LogP contribution is 2.32. The van der Waals surface area contributed by atoms with Crippen molar-refractivity contribution in [1.29, 1.82) is 0 Å². The summed E-state index contributed by atoms with van der Waals surface area (Å²) in [6, 6.07) is 3.83. The molecular weight excluding hydrogens is 186 g/mol. The van der Waals surface area contributed by atoms with Crippen LogP contribution in [0.3, 0.4) is 0 Å². The van der Waals surface area contributed by atoms with E-state index in [9.17, 15) is 0 Å². The summed E-state index contributed by atoms with van der Waals surface area (Å²) in [5.41, 5.74) is 2.09. The number of hydrogen-bond donors (Lipinski definition) is 1. The first-order valence-electron chi connectivity index (χ1n) is 4.04. The van der Waals surface area contributed by atoms with Gasteiger partial charge in [0.2, 0.25) is 0 Å². The third-order valence-corrected chi connectivity index (χ3v) is 2.63. The second kappa shape index (κ2) is 2.96. The van der Waals surface area contributed by atoms with E-state index in [1.165, 1.54) is 0 Å². The summed E-state index contributed by atoms with van der Waals surface area (Å²) in [5, 5.41) is 1.85. The summed E-state index contributed by atoms with van der Waals surface area (Å²) >= 11 is 6.03. The van der Waals surface area contributed by atoms with Crippen LogP contribution >= 0.6 is 11.6 Å². The monoisotopic (exact) mass is 195 g/mol. The standard InChI is InChI=1S/C10H10ClNO/c1-6-7-3-4-12-10(7)9(13-2)5-8(6)11/h3-5,12H,1-2H3. The minimum Gasteiger partial charge on any atom is -0.495 e. The average molecular weight is 196 g/mol. The Hall–Kier alpha value is -1.15. The van der Waals surface area contributed by atoms with E-state index in [0.29, 0.717) is 0 Å². The summed E-state index contributed by atoms with van der Waals surface area (Å²) in [6.07, 6.45) is 1.89. The quantitative estimate of drug-likeness (QED) is 0.743. The van der Waals surface area contributed by atoms with Gasteiger partial charge in [0.15, 0.2) is 0 Å². The fraction of sp³-hybridized carbons (Fsp3) is 0.200. The van der Waals surface area contributed by atoms with Crippen LogP contribution in [0.2, 0.25) is 5.02 Å². The van der Waals surface area contributed by atoms with Crippen molar-refractivity contribution in [1.82, 2.24) is 4.98 Å². The van der Waals surface area contributed by atoms with Gasteiger partial charge in [-0.25, -0.2) is 0 Å². The number of benzene rings is 1. The molecule has 0 radical (unpaired) electrons. The summed E-state index contributed by atoms with van der Waals surface area (Å²) in [6.45, 7) is 2.00. The fourth-order valence-electron chi connectivity index (χ4n) is 1.47. The first-order chi connectivity index (χ1) is 6.24. The zero-order valence-corrected chi connectivity index (χ0v) is 8.27. The van der Waals surface area contributed by atoms with Crippen molar-refractivity contribution in [2.45, 2.75) is 6.92 Å². The fourth-order valence-corrected chi connectivity index (χ4v) is 1.67. The number of ether oxygens (including phenoxy) is 1. The molecule has 0 saturated heterocycles. The van der Waals surface area contributed by atoms with Gasteiger partial charge in [0.25, 0.3) is 0 Å². The molecule has 0 fully saturated rings. The molecule has 13 heavy (non-hydrogen) atoms. The Labute approximate surface area is 81.5 Å². The lowest BCUT2D eigenvalue weighted by atomic mass is 10.1. The molecule has 2 aromatic rings. The van der Waals surface area contributed by atoms with E-state index in [1.54, 1.807) is 7.11 Å². The molecule has 3 heteroatoms. The third-order valence-electron chi connectivity index (χ3n) is 2.23. The number of nitrogens with one attached hydrogen (secondary N) is 1. The molecule has 0 bridgehead atoms. The van der Waals surface area contributed by atoms with Crippen LogP contribution < -0.4 is 4.74 Å². The van der Waals surface area contributed by atoms with Crippen molar-refractivity contribution in [2.24, 2.45) is 0 Å². The summed E-state index contributed by atoms with van der Waals surface area (Å²) in [7, 11) is 1.64. The van der Waals surface area contributed by atoms with Gasteiger partial charge >= 0.3 is 0 Å². The predicted octanol–water partition coefficient (Wildman–Crippen LogP) is 3.14. The molecular formula is C10H10ClNO. The zero-order valence-electron chi connectivity index (χ0n) is 7.52. The molecule has 0 aliphatic rings. The normalized spacial score (nSPS) is 10.7. The molecule has 1 heterocycles. The molecule has 2 nitrogen and oxygen atoms in total. The Morgan fingerprint density at radius 3 is 2.92 bits per heavy atom. The lowest BCUT2D eigenvalue weighted by Crippen LogP contribution is -1.86. The van der Waals surface area contributed by atoms with Gasteiger partial charge in [0.1, 0.15) is 5.75 Å². The Kier molecular flexibility index (Phi) is 1.93. The van der Waals surface area contributed by atoms with Gasteiger partial charge in [-0.1, -0.05) is 11.6 Å². The van der Waals surface area contributed by atoms with Crippen LogP contribution in [-0.2, 0) is 0 Å². The Morgan fingerprint density at radius 1 is 1.46 bits per heavy atom. The highest BCUT2D eigenvalue weighted by Gasteiger charge is 2.08. The maximum atomic E-state index is 6.03. The molecule has 0 unspecified atom stereocenters. The van der Waals surface area contributed by atoms with Gasteiger partial charge in [-0.3, -0.25) is 0 Å². The molecule has 1 N–H and O–H groups in total. The first-order valence-corrected chi connectivity index (χ1v) is 4.42. The van der Waals surface area contributed by atoms with E-state index in [4.69, 9.17) is 16.3 Å². The number of aromatic amines is 1. The number of aromatic nitrogens is 1. The van der Waals surface area contributed by atoms with E-state index < -0.39 is 0 Å². The molecule has 0 aliphatic carbocycles. The van der Waals surface area contributed by atoms with Gasteiger partial charge in [-0.2, -0.15) is 0 Å². The van der Waals surface area contributed by atoms with Gasteiger partial charge in [0, 0.05) is 22.7 Å². The Bertz CT molecular complexity index is 447. The van der Waals surface area contributed by atoms with Crippen LogP contribution in [0.1, 0.15) is 5.56 Å². The maximum Gasteiger partial charge on any atom is 0.144 e. The maximum absolute atomic E-state index is 6.03. The molecule has 2 rings (SSSR count). The van der Waals surface area contributed by atoms with E-state index in [-0.39, 0.29) is 0 Å². The van der Waals surface area contributed by atoms with Gasteiger partial charge in [-0.15, -0.1) is 0 Å². The van der Waals surface area contributed by atoms with Gasteiger partial charge in [0.05, 0.1) is 12.6 Å². The Balaban J connectivity index is 2.87. The van der Waals surface area contributed by atoms with Crippen LogP contribution in [0.4, 0.5) is 0 Å². The highest BCUT2D eigenvalue weighted by molar-refractivity contribution is 6.32. The van der Waals surface area contributed by atoms with Crippen molar-refractivity contribution in [2.75, 3.05) is 7.11 Å². The number of aryl methyl sites for hydroxylation is 1. The Morgan fingerprint density at radius 2 is 2.23 bits per heavy atom. The second-order valence-electron chi connectivity index (χ2n) is 2.95. The predicted molar refractivity (Wildman–Crippen MR) is 54.6 cm³/mol. The molecule has 1 aromatic heterocycles. The largest absolute Gasteiger partial charge is 0.495 e. The molecule has 0 spiro atoms. The molecule has 0 atom stereocenters. The molecule has 0 saturated carbocycles. The summed E-state index contributed by atoms with van der Waals surface area (Å²) in [5.74, 6) is 0.788. The number of hydrogen-bond acceptors (Lipinski definition) is 1. The van der Waals surface area contributed by atoms with Gasteiger partial charge in [-0.05, 0) is 18.6 Å². The summed E-state index contributed by atoms with van der Waals surface area (Å²) < 4.78 is 5.21. The van der Waals surface area contributed by atoms with Crippen LogP contribution in [0.5, 0.6) is 5.75 Å². The zero-order chi connectivity index (χ0) is 9.42. The second-order valence-corrected chi connectivity index (χ2v) is 3.36. The van der Waals surface area contributed by atoms with Crippen molar-refractivity contribution in [3.8, 4) is 5.75 Å². The number of H-pyrrole nitrogens is 1. The lowest BCUT2D eigenvalue weighted by molar-refractivity contribution is 0.419. The van der Waals surface area contributed by atoms with Crippen LogP contribution in [0.25, 0.3) is 10.9 Å². The van der Waals surface area contributed by atoms with Crippen molar-refractivity contribution in [3.05, 3.63) is 28.9 Å². The lowest BCUT2D eigenvalue weighted by Gasteiger charge is -2.05. The highest BCUT2D eigenvalue weighted by atomic mass is 35.5. The van der Waals surface area contributed by atoms with E-state index in [1.807, 2.05) is 25.3 Å². The minimum atomic E-state index is 0.740. The van der Waals surface area contributed by atoms with Crippen molar-refractivity contribution in [3.63, 3.8) is 0 Å². The van der Waals surface area contributed by atoms with Crippen LogP contribution in [0, 0.1) is 6.92 Å². The van der Waals surface area contributed by atoms with Crippen LogP contribution in [-0.4, -0.2) is 12.1 Å². The van der Waals surface area contributed by atoms with E-state index in [0.717, 1.165) is 27.2 Å². The first kappa shape index (κ1) is 8.45. The van der Waals surface area contributed by atoms with E-state index in [2.05, 4.69) is 4.98 Å². The topological polar surface area (TPSA) is 25.0 Å². The van der Waals surface area contributed by atoms with Gasteiger partial charge < -0.3 is 9.72 Å². The number of methoxy groups -OCH3 is 1.